The normalized spacial score (nSPS) is 26.8. The second-order valence-corrected chi connectivity index (χ2v) is 9.96. The van der Waals surface area contributed by atoms with Crippen LogP contribution in [0.3, 0.4) is 0 Å². The lowest BCUT2D eigenvalue weighted by Gasteiger charge is -2.39. The molecule has 0 bridgehead atoms. The molecule has 8 nitrogen and oxygen atoms in total. The smallest absolute Gasteiger partial charge is 0.325 e. The van der Waals surface area contributed by atoms with Crippen molar-refractivity contribution >= 4 is 17.8 Å². The van der Waals surface area contributed by atoms with Gasteiger partial charge in [-0.25, -0.2) is 9.78 Å². The number of amides is 3. The highest BCUT2D eigenvalue weighted by Crippen LogP contribution is 2.35. The lowest BCUT2D eigenvalue weighted by Crippen LogP contribution is -2.50. The second kappa shape index (κ2) is 9.35. The number of piperidine rings is 1. The van der Waals surface area contributed by atoms with E-state index in [2.05, 4.69) is 37.1 Å². The highest BCUT2D eigenvalue weighted by molar-refractivity contribution is 6.07. The zero-order valence-electron chi connectivity index (χ0n) is 19.0. The van der Waals surface area contributed by atoms with Gasteiger partial charge in [-0.2, -0.15) is 0 Å². The van der Waals surface area contributed by atoms with E-state index in [9.17, 15) is 9.59 Å². The van der Waals surface area contributed by atoms with Crippen LogP contribution in [0.25, 0.3) is 0 Å². The van der Waals surface area contributed by atoms with Gasteiger partial charge in [-0.3, -0.25) is 14.6 Å². The van der Waals surface area contributed by atoms with Gasteiger partial charge < -0.3 is 15.1 Å². The number of aromatic nitrogens is 1. The van der Waals surface area contributed by atoms with Gasteiger partial charge >= 0.3 is 6.03 Å². The van der Waals surface area contributed by atoms with Crippen LogP contribution in [0.1, 0.15) is 38.5 Å². The van der Waals surface area contributed by atoms with Crippen molar-refractivity contribution in [3.8, 4) is 0 Å². The van der Waals surface area contributed by atoms with Crippen LogP contribution in [-0.4, -0.2) is 96.1 Å². The van der Waals surface area contributed by atoms with E-state index in [0.29, 0.717) is 12.5 Å². The molecule has 0 radical (unpaired) electrons. The Balaban J connectivity index is 1.07. The van der Waals surface area contributed by atoms with Gasteiger partial charge in [0.1, 0.15) is 11.4 Å². The summed E-state index contributed by atoms with van der Waals surface area (Å²) in [6, 6.07) is 5.93. The first kappa shape index (κ1) is 21.6. The lowest BCUT2D eigenvalue weighted by atomic mass is 9.97. The van der Waals surface area contributed by atoms with Crippen molar-refractivity contribution < 1.29 is 9.59 Å². The molecule has 1 aliphatic carbocycles. The largest absolute Gasteiger partial charge is 0.354 e. The van der Waals surface area contributed by atoms with Crippen molar-refractivity contribution in [2.24, 2.45) is 5.92 Å². The average Bonchev–Trinajstić information content (AvgIpc) is 3.38. The molecule has 3 aliphatic heterocycles. The van der Waals surface area contributed by atoms with Gasteiger partial charge in [-0.15, -0.1) is 0 Å². The molecule has 8 heteroatoms. The number of carbonyl (C=O) groups is 2. The third-order valence-electron chi connectivity index (χ3n) is 7.81. The first-order valence-electron chi connectivity index (χ1n) is 12.4. The fourth-order valence-electron chi connectivity index (χ4n) is 6.01. The van der Waals surface area contributed by atoms with Crippen molar-refractivity contribution in [3.63, 3.8) is 0 Å². The van der Waals surface area contributed by atoms with E-state index in [1.165, 1.54) is 17.7 Å². The molecule has 4 fully saturated rings. The lowest BCUT2D eigenvalue weighted by molar-refractivity contribution is -0.131. The molecule has 32 heavy (non-hydrogen) atoms. The molecule has 3 saturated heterocycles. The third-order valence-corrected chi connectivity index (χ3v) is 7.81. The Morgan fingerprint density at radius 3 is 2.53 bits per heavy atom. The van der Waals surface area contributed by atoms with E-state index < -0.39 is 5.54 Å². The summed E-state index contributed by atoms with van der Waals surface area (Å²) in [5.41, 5.74) is -0.584. The van der Waals surface area contributed by atoms with Gasteiger partial charge in [0.05, 0.1) is 0 Å². The SMILES string of the molecule is O=C1NC2(CCCC2)C(=O)N1CCN1CCCC(CN2CCN(c3ccccn3)CC2)C1. The van der Waals surface area contributed by atoms with Crippen LogP contribution in [0.15, 0.2) is 24.4 Å². The van der Waals surface area contributed by atoms with Crippen molar-refractivity contribution in [2.75, 3.05) is 63.8 Å². The number of pyridine rings is 1. The molecule has 1 atom stereocenters. The van der Waals surface area contributed by atoms with Crippen LogP contribution in [0, 0.1) is 5.92 Å². The average molecular weight is 441 g/mol. The van der Waals surface area contributed by atoms with E-state index in [1.54, 1.807) is 0 Å². The van der Waals surface area contributed by atoms with Gasteiger partial charge in [-0.05, 0) is 50.3 Å². The number of hydrogen-bond acceptors (Lipinski definition) is 6. The standard InChI is InChI=1S/C24H36N6O2/c31-22-24(8-2-3-9-24)26-23(32)30(22)17-14-27-11-5-6-20(18-27)19-28-12-15-29(16-13-28)21-7-1-4-10-25-21/h1,4,7,10,20H,2-3,5-6,8-9,11-19H2,(H,26,32). The van der Waals surface area contributed by atoms with Gasteiger partial charge in [0.2, 0.25) is 0 Å². The minimum absolute atomic E-state index is 0.0133. The number of hydrogen-bond donors (Lipinski definition) is 1. The molecule has 4 heterocycles. The Bertz CT molecular complexity index is 804. The Morgan fingerprint density at radius 1 is 0.969 bits per heavy atom. The molecule has 1 aromatic rings. The second-order valence-electron chi connectivity index (χ2n) is 9.96. The predicted octanol–water partition coefficient (Wildman–Crippen LogP) is 1.78. The van der Waals surface area contributed by atoms with Gasteiger partial charge in [-0.1, -0.05) is 18.9 Å². The van der Waals surface area contributed by atoms with E-state index >= 15 is 0 Å². The van der Waals surface area contributed by atoms with Crippen LogP contribution in [0.2, 0.25) is 0 Å². The molecule has 0 aromatic carbocycles. The summed E-state index contributed by atoms with van der Waals surface area (Å²) in [6.45, 7) is 8.80. The third kappa shape index (κ3) is 4.48. The Hall–Kier alpha value is -2.19. The van der Waals surface area contributed by atoms with Crippen molar-refractivity contribution in [3.05, 3.63) is 24.4 Å². The zero-order chi connectivity index (χ0) is 22.0. The van der Waals surface area contributed by atoms with E-state index in [0.717, 1.165) is 83.9 Å². The highest BCUT2D eigenvalue weighted by atomic mass is 16.2. The van der Waals surface area contributed by atoms with Gasteiger partial charge in [0, 0.05) is 58.6 Å². The summed E-state index contributed by atoms with van der Waals surface area (Å²) in [5, 5.41) is 3.00. The fourth-order valence-corrected chi connectivity index (χ4v) is 6.01. The summed E-state index contributed by atoms with van der Waals surface area (Å²) in [5.74, 6) is 1.75. The number of urea groups is 1. The summed E-state index contributed by atoms with van der Waals surface area (Å²) in [7, 11) is 0. The molecule has 4 aliphatic rings. The van der Waals surface area contributed by atoms with Crippen LogP contribution >= 0.6 is 0 Å². The van der Waals surface area contributed by atoms with Crippen molar-refractivity contribution in [1.29, 1.82) is 0 Å². The van der Waals surface area contributed by atoms with E-state index in [4.69, 9.17) is 0 Å². The Morgan fingerprint density at radius 2 is 1.78 bits per heavy atom. The monoisotopic (exact) mass is 440 g/mol. The summed E-state index contributed by atoms with van der Waals surface area (Å²) < 4.78 is 0. The number of rotatable bonds is 6. The number of imide groups is 1. The van der Waals surface area contributed by atoms with Crippen LogP contribution in [-0.2, 0) is 4.79 Å². The molecule has 1 unspecified atom stereocenters. The minimum atomic E-state index is -0.584. The van der Waals surface area contributed by atoms with Crippen molar-refractivity contribution in [2.45, 2.75) is 44.1 Å². The maximum atomic E-state index is 12.9. The molecule has 1 aromatic heterocycles. The number of piperazine rings is 1. The topological polar surface area (TPSA) is 72.0 Å². The van der Waals surface area contributed by atoms with Crippen molar-refractivity contribution in [1.82, 2.24) is 25.0 Å². The molecule has 5 rings (SSSR count). The number of carbonyl (C=O) groups excluding carboxylic acids is 2. The van der Waals surface area contributed by atoms with E-state index in [1.807, 2.05) is 12.3 Å². The molecule has 1 spiro atoms. The number of nitrogens with one attached hydrogen (secondary N) is 1. The molecule has 174 valence electrons. The minimum Gasteiger partial charge on any atom is -0.354 e. The molecule has 3 amide bonds. The van der Waals surface area contributed by atoms with Gasteiger partial charge in [0.25, 0.3) is 5.91 Å². The number of anilines is 1. The molecule has 1 N–H and O–H groups in total. The Kier molecular flexibility index (Phi) is 6.33. The summed E-state index contributed by atoms with van der Waals surface area (Å²) >= 11 is 0. The van der Waals surface area contributed by atoms with Crippen LogP contribution < -0.4 is 10.2 Å². The van der Waals surface area contributed by atoms with Crippen LogP contribution in [0.5, 0.6) is 0 Å². The van der Waals surface area contributed by atoms with Gasteiger partial charge in [0.15, 0.2) is 0 Å². The summed E-state index contributed by atoms with van der Waals surface area (Å²) in [4.78, 5) is 38.7. The Labute approximate surface area is 190 Å². The predicted molar refractivity (Wildman–Crippen MR) is 123 cm³/mol. The maximum Gasteiger partial charge on any atom is 0.325 e. The van der Waals surface area contributed by atoms with Crippen LogP contribution in [0.4, 0.5) is 10.6 Å². The first-order valence-corrected chi connectivity index (χ1v) is 12.4. The fraction of sp³-hybridized carbons (Fsp3) is 0.708. The molecular formula is C24H36N6O2. The maximum absolute atomic E-state index is 12.9. The first-order chi connectivity index (χ1) is 15.6. The number of nitrogens with zero attached hydrogens (tertiary/aromatic N) is 5. The molecular weight excluding hydrogens is 404 g/mol. The zero-order valence-corrected chi connectivity index (χ0v) is 19.0. The summed E-state index contributed by atoms with van der Waals surface area (Å²) in [6.07, 6.45) is 7.99. The molecule has 1 saturated carbocycles. The van der Waals surface area contributed by atoms with E-state index in [-0.39, 0.29) is 11.9 Å². The quantitative estimate of drug-likeness (QED) is 0.680. The highest BCUT2D eigenvalue weighted by Gasteiger charge is 2.52. The number of likely N-dealkylation sites (tertiary alicyclic amines) is 1.